The van der Waals surface area contributed by atoms with Crippen molar-refractivity contribution in [3.63, 3.8) is 0 Å². The van der Waals surface area contributed by atoms with E-state index in [-0.39, 0.29) is 28.4 Å². The molecule has 4 aliphatic rings. The molecule has 0 atom stereocenters. The first kappa shape index (κ1) is 72.0. The van der Waals surface area contributed by atoms with Crippen LogP contribution in [0, 0.1) is 13.8 Å². The average molecular weight is 1480 g/mol. The molecule has 542 valence electrons. The number of nitrogens with zero attached hydrogens (tertiary/aromatic N) is 4. The molecule has 110 heavy (non-hydrogen) atoms. The van der Waals surface area contributed by atoms with Crippen molar-refractivity contribution in [3.05, 3.63) is 366 Å². The Morgan fingerprint density at radius 3 is 0.818 bits per heavy atom. The minimum Gasteiger partial charge on any atom is -0.311 e. The summed E-state index contributed by atoms with van der Waals surface area (Å²) in [7, 11) is -5.76. The Morgan fingerprint density at radius 2 is 0.509 bits per heavy atom. The van der Waals surface area contributed by atoms with Gasteiger partial charge in [-0.15, -0.1) is 0 Å². The molecule has 0 amide bonds. The monoisotopic (exact) mass is 1480 g/mol. The second kappa shape index (κ2) is 27.3. The third-order valence-corrected chi connectivity index (χ3v) is 33.6. The molecule has 0 saturated heterocycles. The van der Waals surface area contributed by atoms with Gasteiger partial charge in [-0.2, -0.15) is 0 Å². The number of aryl methyl sites for hydroxylation is 2. The highest BCUT2D eigenvalue weighted by molar-refractivity contribution is 7.27. The molecule has 0 radical (unpaired) electrons. The van der Waals surface area contributed by atoms with E-state index in [0.29, 0.717) is 5.02 Å². The summed E-state index contributed by atoms with van der Waals surface area (Å²) in [6.45, 7) is 31.9. The lowest BCUT2D eigenvalue weighted by molar-refractivity contribution is 0.590. The Morgan fingerprint density at radius 1 is 0.236 bits per heavy atom. The lowest BCUT2D eigenvalue weighted by Gasteiger charge is -2.51. The Balaban J connectivity index is 0.000000160. The number of fused-ring (bicyclic) bond motifs is 6. The number of anilines is 12. The molecule has 14 aromatic rings. The van der Waals surface area contributed by atoms with Crippen molar-refractivity contribution in [2.75, 3.05) is 19.6 Å². The predicted octanol–water partition coefficient (Wildman–Crippen LogP) is 20.2. The molecular formula is C102H96BClN4Si2. The number of hydrogen-bond acceptors (Lipinski definition) is 4. The first-order chi connectivity index (χ1) is 52.8. The molecule has 0 aromatic heterocycles. The van der Waals surface area contributed by atoms with E-state index in [4.69, 9.17) is 11.6 Å². The minimum absolute atomic E-state index is 0.0286. The van der Waals surface area contributed by atoms with Crippen molar-refractivity contribution in [1.29, 1.82) is 0 Å². The van der Waals surface area contributed by atoms with Gasteiger partial charge < -0.3 is 19.6 Å². The van der Waals surface area contributed by atoms with Crippen molar-refractivity contribution >= 4 is 161 Å². The van der Waals surface area contributed by atoms with Gasteiger partial charge in [0, 0.05) is 56.9 Å². The second-order valence-electron chi connectivity index (χ2n) is 34.8. The quantitative estimate of drug-likeness (QED) is 0.141. The SMILES string of the molecule is Cc1cc2c(Cl)c(c1)N(c1ccc(C(C)(C)C)cc1)c1cccc(c1)[Si](c1ccccc1)(c1ccccc1)c1cccc(c1)N2c1ccc(C(C)(C)C)cc1.Cc1cc2c3c(c1)N(c1ccc(C(C)(C)C)cc1)c1cccc4c1B3c1c(cccc1[Si]4(c1ccccc1)c1ccccc1)N2c1ccc(C(C)(C)C)cc1. The van der Waals surface area contributed by atoms with E-state index in [1.807, 2.05) is 0 Å². The van der Waals surface area contributed by atoms with Crippen LogP contribution in [0.5, 0.6) is 0 Å². The molecular weight excluding hydrogens is 1380 g/mol. The van der Waals surface area contributed by atoms with Crippen LogP contribution in [0.25, 0.3) is 0 Å². The first-order valence-corrected chi connectivity index (χ1v) is 43.5. The molecule has 0 saturated carbocycles. The van der Waals surface area contributed by atoms with E-state index in [9.17, 15) is 0 Å². The Hall–Kier alpha value is -10.9. The van der Waals surface area contributed by atoms with Crippen molar-refractivity contribution in [2.24, 2.45) is 0 Å². The first-order valence-electron chi connectivity index (χ1n) is 39.1. The lowest BCUT2D eigenvalue weighted by atomic mass is 9.33. The van der Waals surface area contributed by atoms with Crippen LogP contribution in [0.3, 0.4) is 0 Å². The molecule has 0 unspecified atom stereocenters. The molecule has 6 bridgehead atoms. The van der Waals surface area contributed by atoms with E-state index in [1.165, 1.54) is 120 Å². The normalized spacial score (nSPS) is 14.4. The highest BCUT2D eigenvalue weighted by atomic mass is 35.5. The summed E-state index contributed by atoms with van der Waals surface area (Å²) in [5, 5.41) is 11.8. The van der Waals surface area contributed by atoms with Gasteiger partial charge in [0.2, 0.25) is 0 Å². The van der Waals surface area contributed by atoms with E-state index in [1.54, 1.807) is 0 Å². The summed E-state index contributed by atoms with van der Waals surface area (Å²) in [6.07, 6.45) is 0. The number of halogens is 1. The van der Waals surface area contributed by atoms with Crippen LogP contribution in [0.2, 0.25) is 5.02 Å². The molecule has 0 aliphatic carbocycles. The van der Waals surface area contributed by atoms with E-state index in [2.05, 4.69) is 444 Å². The van der Waals surface area contributed by atoms with Crippen LogP contribution in [-0.2, 0) is 21.7 Å². The molecule has 18 rings (SSSR count). The third kappa shape index (κ3) is 12.0. The zero-order chi connectivity index (χ0) is 76.4. The maximum Gasteiger partial charge on any atom is 0.251 e. The fraction of sp³-hybridized carbons (Fsp3) is 0.176. The largest absolute Gasteiger partial charge is 0.311 e. The smallest absolute Gasteiger partial charge is 0.251 e. The zero-order valence-corrected chi connectivity index (χ0v) is 68.7. The summed E-state index contributed by atoms with van der Waals surface area (Å²) in [5.41, 5.74) is 25.9. The van der Waals surface area contributed by atoms with Crippen LogP contribution in [-0.4, -0.2) is 22.9 Å². The van der Waals surface area contributed by atoms with Gasteiger partial charge in [-0.05, 0) is 236 Å². The molecule has 4 aliphatic heterocycles. The van der Waals surface area contributed by atoms with E-state index >= 15 is 0 Å². The molecule has 14 aromatic carbocycles. The van der Waals surface area contributed by atoms with Gasteiger partial charge >= 0.3 is 0 Å². The van der Waals surface area contributed by atoms with E-state index < -0.39 is 16.1 Å². The average Bonchev–Trinajstić information content (AvgIpc) is 0.662. The van der Waals surface area contributed by atoms with Gasteiger partial charge in [0.15, 0.2) is 16.1 Å². The lowest BCUT2D eigenvalue weighted by Crippen LogP contribution is -2.88. The van der Waals surface area contributed by atoms with Gasteiger partial charge in [-0.1, -0.05) is 313 Å². The zero-order valence-electron chi connectivity index (χ0n) is 65.9. The van der Waals surface area contributed by atoms with Gasteiger partial charge in [-0.3, -0.25) is 0 Å². The van der Waals surface area contributed by atoms with Crippen LogP contribution in [0.4, 0.5) is 68.2 Å². The van der Waals surface area contributed by atoms with Crippen LogP contribution >= 0.6 is 11.6 Å². The minimum atomic E-state index is -2.92. The van der Waals surface area contributed by atoms with Crippen LogP contribution in [0.15, 0.2) is 328 Å². The van der Waals surface area contributed by atoms with Crippen molar-refractivity contribution in [3.8, 4) is 0 Å². The molecule has 0 fully saturated rings. The highest BCUT2D eigenvalue weighted by Gasteiger charge is 2.56. The summed E-state index contributed by atoms with van der Waals surface area (Å²) >= 11 is 7.81. The Bertz CT molecular complexity index is 5450. The highest BCUT2D eigenvalue weighted by Crippen LogP contribution is 2.50. The van der Waals surface area contributed by atoms with E-state index in [0.717, 1.165) is 39.7 Å². The molecule has 4 nitrogen and oxygen atoms in total. The predicted molar refractivity (Wildman–Crippen MR) is 480 cm³/mol. The summed E-state index contributed by atoms with van der Waals surface area (Å²) < 4.78 is 0. The summed E-state index contributed by atoms with van der Waals surface area (Å²) in [4.78, 5) is 9.90. The summed E-state index contributed by atoms with van der Waals surface area (Å²) in [5.74, 6) is 0. The van der Waals surface area contributed by atoms with Gasteiger partial charge in [0.05, 0.1) is 16.4 Å². The van der Waals surface area contributed by atoms with Crippen molar-refractivity contribution < 1.29 is 0 Å². The van der Waals surface area contributed by atoms with Crippen molar-refractivity contribution in [2.45, 2.75) is 119 Å². The maximum atomic E-state index is 7.81. The van der Waals surface area contributed by atoms with Gasteiger partial charge in [0.1, 0.15) is 0 Å². The van der Waals surface area contributed by atoms with Gasteiger partial charge in [0.25, 0.3) is 6.71 Å². The van der Waals surface area contributed by atoms with Crippen LogP contribution < -0.4 is 77.5 Å². The fourth-order valence-corrected chi connectivity index (χ4v) is 28.6. The number of rotatable bonds is 8. The Kier molecular flexibility index (Phi) is 17.8. The molecule has 8 heteroatoms. The molecule has 0 spiro atoms. The standard InChI is InChI=1S/C51H47BN2Si.C51H49ClN2Si/c1-34-32-43-47-44(33-34)54(38-30-26-36(27-31-38)51(5,6)7)42-21-15-23-46-49(42)52(47)48-41(53(43)37-28-24-35(25-29-37)50(2,3)4)20-14-22-45(48)55(46,39-16-10-8-11-17-39)40-18-12-9-13-19-40;1-36-32-47-49(52)48(33-36)54(40-30-26-38(27-31-40)51(5,6)7)42-17-15-23-46(35-42)55(43-18-10-8-11-19-43,44-20-12-9-13-21-44)45-22-14-16-41(34-45)53(47)39-28-24-37(25-29-39)50(2,3)4/h8-33H,1-7H3;8-35H,1-7H3. The third-order valence-electron chi connectivity index (χ3n) is 23.6. The van der Waals surface area contributed by atoms with Crippen LogP contribution in [0.1, 0.15) is 116 Å². The fourth-order valence-electron chi connectivity index (χ4n) is 18.2. The summed E-state index contributed by atoms with van der Waals surface area (Å²) in [6, 6.07) is 124. The van der Waals surface area contributed by atoms with Crippen molar-refractivity contribution in [1.82, 2.24) is 0 Å². The number of hydrogen-bond donors (Lipinski definition) is 0. The number of benzene rings is 14. The molecule has 4 heterocycles. The Labute approximate surface area is 660 Å². The topological polar surface area (TPSA) is 13.0 Å². The second-order valence-corrected chi connectivity index (χ2v) is 42.8. The van der Waals surface area contributed by atoms with Gasteiger partial charge in [-0.25, -0.2) is 0 Å². The molecule has 0 N–H and O–H groups in total. The maximum absolute atomic E-state index is 7.81.